The standard InChI is InChI=1S/C16H17F2NO3/c17-11-6-15(18)14-3-4-19(16(14)7-11)8-12(20)9-21-10-13-2-1-5-22-13/h1-2,5-7,12,20H,3-4,8-10H2. The lowest BCUT2D eigenvalue weighted by molar-refractivity contribution is 0.0257. The van der Waals surface area contributed by atoms with Gasteiger partial charge < -0.3 is 19.2 Å². The van der Waals surface area contributed by atoms with E-state index in [2.05, 4.69) is 0 Å². The number of halogens is 2. The van der Waals surface area contributed by atoms with Gasteiger partial charge in [0, 0.05) is 30.4 Å². The second kappa shape index (κ2) is 6.46. The van der Waals surface area contributed by atoms with E-state index in [0.29, 0.717) is 30.0 Å². The monoisotopic (exact) mass is 309 g/mol. The Bertz CT molecular complexity index is 631. The molecule has 1 aliphatic rings. The Morgan fingerprint density at radius 1 is 1.36 bits per heavy atom. The maximum absolute atomic E-state index is 13.7. The Morgan fingerprint density at radius 2 is 2.23 bits per heavy atom. The van der Waals surface area contributed by atoms with Crippen molar-refractivity contribution in [2.24, 2.45) is 0 Å². The van der Waals surface area contributed by atoms with Crippen LogP contribution in [0, 0.1) is 11.6 Å². The average Bonchev–Trinajstić information content (AvgIpc) is 3.09. The Morgan fingerprint density at radius 3 is 3.00 bits per heavy atom. The van der Waals surface area contributed by atoms with Crippen LogP contribution < -0.4 is 4.90 Å². The van der Waals surface area contributed by atoms with E-state index in [1.807, 2.05) is 0 Å². The highest BCUT2D eigenvalue weighted by Crippen LogP contribution is 2.31. The number of β-amino-alcohol motifs (C(OH)–C–C–N with tert-alkyl or cyclic N) is 1. The van der Waals surface area contributed by atoms with Crippen LogP contribution in [-0.2, 0) is 17.8 Å². The molecular formula is C16H17F2NO3. The summed E-state index contributed by atoms with van der Waals surface area (Å²) in [6.07, 6.45) is 1.33. The molecule has 0 saturated heterocycles. The summed E-state index contributed by atoms with van der Waals surface area (Å²) in [4.78, 5) is 1.78. The molecule has 118 valence electrons. The van der Waals surface area contributed by atoms with Crippen molar-refractivity contribution in [2.75, 3.05) is 24.6 Å². The third-order valence-corrected chi connectivity index (χ3v) is 3.67. The number of nitrogens with zero attached hydrogens (tertiary/aromatic N) is 1. The summed E-state index contributed by atoms with van der Waals surface area (Å²) in [7, 11) is 0. The summed E-state index contributed by atoms with van der Waals surface area (Å²) >= 11 is 0. The summed E-state index contributed by atoms with van der Waals surface area (Å²) in [5.41, 5.74) is 1.02. The number of aliphatic hydroxyl groups is 1. The van der Waals surface area contributed by atoms with Gasteiger partial charge >= 0.3 is 0 Å². The predicted octanol–water partition coefficient (Wildman–Crippen LogP) is 2.50. The third kappa shape index (κ3) is 3.28. The molecule has 2 heterocycles. The van der Waals surface area contributed by atoms with Gasteiger partial charge in [0.2, 0.25) is 0 Å². The molecule has 1 aromatic heterocycles. The van der Waals surface area contributed by atoms with Gasteiger partial charge in [0.1, 0.15) is 24.0 Å². The highest BCUT2D eigenvalue weighted by atomic mass is 19.1. The fourth-order valence-corrected chi connectivity index (χ4v) is 2.67. The second-order valence-corrected chi connectivity index (χ2v) is 5.33. The molecule has 0 amide bonds. The van der Waals surface area contributed by atoms with E-state index in [-0.39, 0.29) is 19.8 Å². The van der Waals surface area contributed by atoms with Crippen molar-refractivity contribution in [3.8, 4) is 0 Å². The number of fused-ring (bicyclic) bond motifs is 1. The molecular weight excluding hydrogens is 292 g/mol. The zero-order valence-corrected chi connectivity index (χ0v) is 12.0. The summed E-state index contributed by atoms with van der Waals surface area (Å²) in [5.74, 6) is -0.448. The second-order valence-electron chi connectivity index (χ2n) is 5.33. The van der Waals surface area contributed by atoms with Gasteiger partial charge in [-0.2, -0.15) is 0 Å². The number of hydrogen-bond acceptors (Lipinski definition) is 4. The minimum absolute atomic E-state index is 0.129. The first-order chi connectivity index (χ1) is 10.6. The average molecular weight is 309 g/mol. The molecule has 1 unspecified atom stereocenters. The molecule has 0 saturated carbocycles. The Hall–Kier alpha value is -1.92. The van der Waals surface area contributed by atoms with Crippen molar-refractivity contribution in [2.45, 2.75) is 19.1 Å². The van der Waals surface area contributed by atoms with Crippen molar-refractivity contribution in [3.63, 3.8) is 0 Å². The minimum atomic E-state index is -0.743. The van der Waals surface area contributed by atoms with Crippen LogP contribution >= 0.6 is 0 Å². The largest absolute Gasteiger partial charge is 0.467 e. The topological polar surface area (TPSA) is 45.8 Å². The summed E-state index contributed by atoms with van der Waals surface area (Å²) in [6, 6.07) is 5.75. The van der Waals surface area contributed by atoms with Gasteiger partial charge in [-0.15, -0.1) is 0 Å². The molecule has 6 heteroatoms. The molecule has 0 bridgehead atoms. The quantitative estimate of drug-likeness (QED) is 0.890. The van der Waals surface area contributed by atoms with Gasteiger partial charge in [-0.3, -0.25) is 0 Å². The van der Waals surface area contributed by atoms with Crippen LogP contribution in [0.25, 0.3) is 0 Å². The van der Waals surface area contributed by atoms with Crippen LogP contribution in [0.1, 0.15) is 11.3 Å². The summed E-state index contributed by atoms with van der Waals surface area (Å²) in [6.45, 7) is 1.24. The molecule has 1 aromatic carbocycles. The number of anilines is 1. The van der Waals surface area contributed by atoms with E-state index in [9.17, 15) is 13.9 Å². The van der Waals surface area contributed by atoms with Crippen LogP contribution in [-0.4, -0.2) is 30.9 Å². The molecule has 0 spiro atoms. The number of rotatable bonds is 6. The number of hydrogen-bond donors (Lipinski definition) is 1. The summed E-state index contributed by atoms with van der Waals surface area (Å²) in [5, 5.41) is 10.0. The summed E-state index contributed by atoms with van der Waals surface area (Å²) < 4.78 is 37.5. The van der Waals surface area contributed by atoms with Crippen molar-refractivity contribution in [1.29, 1.82) is 0 Å². The van der Waals surface area contributed by atoms with Crippen molar-refractivity contribution in [1.82, 2.24) is 0 Å². The number of benzene rings is 1. The first-order valence-electron chi connectivity index (χ1n) is 7.14. The normalized spacial score (nSPS) is 15.1. The van der Waals surface area contributed by atoms with E-state index in [4.69, 9.17) is 9.15 Å². The molecule has 1 atom stereocenters. The van der Waals surface area contributed by atoms with E-state index in [1.54, 1.807) is 23.3 Å². The van der Waals surface area contributed by atoms with Crippen LogP contribution in [0.4, 0.5) is 14.5 Å². The molecule has 4 nitrogen and oxygen atoms in total. The minimum Gasteiger partial charge on any atom is -0.467 e. The zero-order chi connectivity index (χ0) is 15.5. The molecule has 0 fully saturated rings. The van der Waals surface area contributed by atoms with E-state index >= 15 is 0 Å². The predicted molar refractivity (Wildman–Crippen MR) is 76.6 cm³/mol. The van der Waals surface area contributed by atoms with E-state index in [1.165, 1.54) is 6.07 Å². The first kappa shape index (κ1) is 15.0. The first-order valence-corrected chi connectivity index (χ1v) is 7.14. The van der Waals surface area contributed by atoms with Crippen LogP contribution in [0.5, 0.6) is 0 Å². The highest BCUT2D eigenvalue weighted by molar-refractivity contribution is 5.58. The Kier molecular flexibility index (Phi) is 4.40. The smallest absolute Gasteiger partial charge is 0.131 e. The number of ether oxygens (including phenoxy) is 1. The highest BCUT2D eigenvalue weighted by Gasteiger charge is 2.25. The van der Waals surface area contributed by atoms with Crippen LogP contribution in [0.15, 0.2) is 34.9 Å². The molecule has 22 heavy (non-hydrogen) atoms. The molecule has 0 radical (unpaired) electrons. The number of aliphatic hydroxyl groups excluding tert-OH is 1. The molecule has 1 aliphatic heterocycles. The fourth-order valence-electron chi connectivity index (χ4n) is 2.67. The Labute approximate surface area is 126 Å². The van der Waals surface area contributed by atoms with Crippen molar-refractivity contribution < 1.29 is 23.0 Å². The number of furan rings is 1. The van der Waals surface area contributed by atoms with Gasteiger partial charge in [0.25, 0.3) is 0 Å². The van der Waals surface area contributed by atoms with Gasteiger partial charge in [0.05, 0.1) is 19.0 Å². The Balaban J connectivity index is 1.54. The third-order valence-electron chi connectivity index (χ3n) is 3.67. The van der Waals surface area contributed by atoms with Gasteiger partial charge in [-0.05, 0) is 24.6 Å². The van der Waals surface area contributed by atoms with Crippen LogP contribution in [0.2, 0.25) is 0 Å². The molecule has 3 rings (SSSR count). The van der Waals surface area contributed by atoms with Gasteiger partial charge in [0.15, 0.2) is 0 Å². The maximum Gasteiger partial charge on any atom is 0.131 e. The maximum atomic E-state index is 13.7. The lowest BCUT2D eigenvalue weighted by atomic mass is 10.1. The van der Waals surface area contributed by atoms with Gasteiger partial charge in [-0.25, -0.2) is 8.78 Å². The SMILES string of the molecule is OC(COCc1ccco1)CN1CCc2c(F)cc(F)cc21. The van der Waals surface area contributed by atoms with E-state index in [0.717, 1.165) is 6.07 Å². The van der Waals surface area contributed by atoms with Crippen LogP contribution in [0.3, 0.4) is 0 Å². The van der Waals surface area contributed by atoms with Crippen molar-refractivity contribution >= 4 is 5.69 Å². The lowest BCUT2D eigenvalue weighted by Crippen LogP contribution is -2.33. The fraction of sp³-hybridized carbons (Fsp3) is 0.375. The van der Waals surface area contributed by atoms with Crippen molar-refractivity contribution in [3.05, 3.63) is 53.5 Å². The van der Waals surface area contributed by atoms with E-state index < -0.39 is 17.7 Å². The van der Waals surface area contributed by atoms with Gasteiger partial charge in [-0.1, -0.05) is 0 Å². The zero-order valence-electron chi connectivity index (χ0n) is 12.0. The molecule has 0 aliphatic carbocycles. The molecule has 1 N–H and O–H groups in total. The lowest BCUT2D eigenvalue weighted by Gasteiger charge is -2.22. The molecule has 2 aromatic rings.